The van der Waals surface area contributed by atoms with Gasteiger partial charge in [0.2, 0.25) is 0 Å². The van der Waals surface area contributed by atoms with Crippen molar-refractivity contribution in [2.24, 2.45) is 0 Å². The standard InChI is InChI=1S/C16H14ClF2NO2/c1-11(5-6-12-3-2-4-13(17)9-12)14-7-8-20(15(21)22)10-16(14,18)19/h2-4,9H,7-8,10H2,1H3,(H,21,22). The Hall–Kier alpha value is -2.06. The van der Waals surface area contributed by atoms with Crippen molar-refractivity contribution in [1.82, 2.24) is 4.90 Å². The first-order valence-corrected chi connectivity index (χ1v) is 7.01. The van der Waals surface area contributed by atoms with Crippen molar-refractivity contribution >= 4 is 17.7 Å². The molecule has 2 rings (SSSR count). The Balaban J connectivity index is 2.25. The summed E-state index contributed by atoms with van der Waals surface area (Å²) in [5, 5.41) is 9.33. The average Bonchev–Trinajstić information content (AvgIpc) is 2.43. The summed E-state index contributed by atoms with van der Waals surface area (Å²) in [4.78, 5) is 11.5. The third kappa shape index (κ3) is 3.77. The number of allylic oxidation sites excluding steroid dienone is 1. The van der Waals surface area contributed by atoms with Gasteiger partial charge in [-0.1, -0.05) is 29.5 Å². The molecule has 1 amide bonds. The number of carbonyl (C=O) groups is 1. The van der Waals surface area contributed by atoms with Gasteiger partial charge in [-0.05, 0) is 31.5 Å². The maximum Gasteiger partial charge on any atom is 0.407 e. The molecular weight excluding hydrogens is 312 g/mol. The fraction of sp³-hybridized carbons (Fsp3) is 0.312. The molecule has 0 bridgehead atoms. The quantitative estimate of drug-likeness (QED) is 0.732. The van der Waals surface area contributed by atoms with Gasteiger partial charge in [0.05, 0.1) is 6.54 Å². The lowest BCUT2D eigenvalue weighted by Gasteiger charge is -2.33. The smallest absolute Gasteiger partial charge is 0.407 e. The van der Waals surface area contributed by atoms with Gasteiger partial charge in [-0.3, -0.25) is 0 Å². The second-order valence-electron chi connectivity index (χ2n) is 5.02. The molecule has 0 aromatic heterocycles. The molecule has 0 radical (unpaired) electrons. The van der Waals surface area contributed by atoms with Gasteiger partial charge in [-0.15, -0.1) is 0 Å². The number of likely N-dealkylation sites (tertiary alicyclic amines) is 1. The Labute approximate surface area is 132 Å². The van der Waals surface area contributed by atoms with Crippen LogP contribution in [0, 0.1) is 11.8 Å². The van der Waals surface area contributed by atoms with E-state index in [0.717, 1.165) is 4.90 Å². The zero-order valence-electron chi connectivity index (χ0n) is 11.9. The van der Waals surface area contributed by atoms with Gasteiger partial charge < -0.3 is 10.0 Å². The van der Waals surface area contributed by atoms with Crippen molar-refractivity contribution in [1.29, 1.82) is 0 Å². The Morgan fingerprint density at radius 1 is 1.45 bits per heavy atom. The molecule has 116 valence electrons. The van der Waals surface area contributed by atoms with Gasteiger partial charge >= 0.3 is 6.09 Å². The molecular formula is C16H14ClF2NO2. The second-order valence-corrected chi connectivity index (χ2v) is 5.46. The number of carboxylic acid groups (broad SMARTS) is 1. The van der Waals surface area contributed by atoms with Gasteiger partial charge in [-0.25, -0.2) is 4.79 Å². The monoisotopic (exact) mass is 325 g/mol. The van der Waals surface area contributed by atoms with Gasteiger partial charge in [0, 0.05) is 28.3 Å². The molecule has 0 spiro atoms. The molecule has 0 unspecified atom stereocenters. The van der Waals surface area contributed by atoms with Crippen molar-refractivity contribution in [2.45, 2.75) is 19.3 Å². The molecule has 1 aliphatic rings. The van der Waals surface area contributed by atoms with Gasteiger partial charge in [0.25, 0.3) is 5.92 Å². The first-order chi connectivity index (χ1) is 10.3. The molecule has 6 heteroatoms. The average molecular weight is 326 g/mol. The number of benzene rings is 1. The van der Waals surface area contributed by atoms with Crippen LogP contribution in [0.25, 0.3) is 0 Å². The summed E-state index contributed by atoms with van der Waals surface area (Å²) in [7, 11) is 0. The highest BCUT2D eigenvalue weighted by Gasteiger charge is 2.42. The minimum Gasteiger partial charge on any atom is -0.465 e. The van der Waals surface area contributed by atoms with Crippen LogP contribution in [-0.4, -0.2) is 35.1 Å². The summed E-state index contributed by atoms with van der Waals surface area (Å²) in [6.07, 6.45) is -1.35. The minimum absolute atomic E-state index is 0.0185. The zero-order chi connectivity index (χ0) is 16.3. The molecule has 3 nitrogen and oxygen atoms in total. The van der Waals surface area contributed by atoms with Gasteiger partial charge in [0.1, 0.15) is 0 Å². The van der Waals surface area contributed by atoms with Crippen LogP contribution < -0.4 is 0 Å². The highest BCUT2D eigenvalue weighted by Crippen LogP contribution is 2.34. The molecule has 0 aliphatic carbocycles. The summed E-state index contributed by atoms with van der Waals surface area (Å²) in [6.45, 7) is 0.751. The SMILES string of the molecule is CC(C#Cc1cccc(Cl)c1)=C1CCN(C(=O)O)CC1(F)F. The third-order valence-corrected chi connectivity index (χ3v) is 3.64. The maximum absolute atomic E-state index is 14.1. The third-order valence-electron chi connectivity index (χ3n) is 3.40. The second kappa shape index (κ2) is 6.37. The lowest BCUT2D eigenvalue weighted by molar-refractivity contribution is -0.0146. The normalized spacial score (nSPS) is 19.2. The lowest BCUT2D eigenvalue weighted by Crippen LogP contribution is -2.46. The number of nitrogens with zero attached hydrogens (tertiary/aromatic N) is 1. The largest absolute Gasteiger partial charge is 0.465 e. The molecule has 22 heavy (non-hydrogen) atoms. The molecule has 1 fully saturated rings. The van der Waals surface area contributed by atoms with Crippen LogP contribution in [0.3, 0.4) is 0 Å². The summed E-state index contributed by atoms with van der Waals surface area (Å²) >= 11 is 5.84. The Morgan fingerprint density at radius 3 is 2.77 bits per heavy atom. The Morgan fingerprint density at radius 2 is 2.18 bits per heavy atom. The predicted octanol–water partition coefficient (Wildman–Crippen LogP) is 4.03. The van der Waals surface area contributed by atoms with E-state index in [0.29, 0.717) is 10.6 Å². The van der Waals surface area contributed by atoms with E-state index in [1.54, 1.807) is 24.3 Å². The number of amides is 1. The number of rotatable bonds is 0. The van der Waals surface area contributed by atoms with Crippen LogP contribution in [0.2, 0.25) is 5.02 Å². The van der Waals surface area contributed by atoms with Crippen molar-refractivity contribution in [3.05, 3.63) is 46.0 Å². The molecule has 1 aliphatic heterocycles. The van der Waals surface area contributed by atoms with Crippen molar-refractivity contribution < 1.29 is 18.7 Å². The number of alkyl halides is 2. The van der Waals surface area contributed by atoms with Crippen molar-refractivity contribution in [3.8, 4) is 11.8 Å². The van der Waals surface area contributed by atoms with E-state index in [-0.39, 0.29) is 24.1 Å². The molecule has 0 atom stereocenters. The molecule has 1 aromatic carbocycles. The Bertz CT molecular complexity index is 689. The van der Waals surface area contributed by atoms with E-state index >= 15 is 0 Å². The van der Waals surface area contributed by atoms with Gasteiger partial charge in [-0.2, -0.15) is 8.78 Å². The topological polar surface area (TPSA) is 40.5 Å². The fourth-order valence-electron chi connectivity index (χ4n) is 2.28. The molecule has 1 saturated heterocycles. The summed E-state index contributed by atoms with van der Waals surface area (Å²) in [5.74, 6) is 2.33. The van der Waals surface area contributed by atoms with Crippen LogP contribution in [-0.2, 0) is 0 Å². The molecule has 1 N–H and O–H groups in total. The number of hydrogen-bond donors (Lipinski definition) is 1. The van der Waals surface area contributed by atoms with Crippen LogP contribution in [0.5, 0.6) is 0 Å². The van der Waals surface area contributed by atoms with E-state index in [1.165, 1.54) is 6.92 Å². The highest BCUT2D eigenvalue weighted by atomic mass is 35.5. The lowest BCUT2D eigenvalue weighted by atomic mass is 9.95. The Kier molecular flexibility index (Phi) is 4.72. The molecule has 1 heterocycles. The maximum atomic E-state index is 14.1. The first kappa shape index (κ1) is 16.3. The van der Waals surface area contributed by atoms with Crippen LogP contribution in [0.15, 0.2) is 35.4 Å². The molecule has 1 aromatic rings. The summed E-state index contributed by atoms with van der Waals surface area (Å²) < 4.78 is 28.1. The van der Waals surface area contributed by atoms with E-state index < -0.39 is 18.6 Å². The van der Waals surface area contributed by atoms with E-state index in [9.17, 15) is 13.6 Å². The zero-order valence-corrected chi connectivity index (χ0v) is 12.6. The highest BCUT2D eigenvalue weighted by molar-refractivity contribution is 6.30. The summed E-state index contributed by atoms with van der Waals surface area (Å²) in [6, 6.07) is 6.82. The van der Waals surface area contributed by atoms with Crippen molar-refractivity contribution in [3.63, 3.8) is 0 Å². The number of piperidine rings is 1. The van der Waals surface area contributed by atoms with E-state index in [4.69, 9.17) is 16.7 Å². The molecule has 0 saturated carbocycles. The predicted molar refractivity (Wildman–Crippen MR) is 80.2 cm³/mol. The van der Waals surface area contributed by atoms with Crippen LogP contribution in [0.1, 0.15) is 18.9 Å². The van der Waals surface area contributed by atoms with Gasteiger partial charge in [0.15, 0.2) is 0 Å². The fourth-order valence-corrected chi connectivity index (χ4v) is 2.47. The first-order valence-electron chi connectivity index (χ1n) is 6.63. The summed E-state index contributed by atoms with van der Waals surface area (Å²) in [5.41, 5.74) is 0.813. The number of hydrogen-bond acceptors (Lipinski definition) is 1. The van der Waals surface area contributed by atoms with Crippen LogP contribution in [0.4, 0.5) is 13.6 Å². The van der Waals surface area contributed by atoms with Crippen molar-refractivity contribution in [2.75, 3.05) is 13.1 Å². The van der Waals surface area contributed by atoms with Crippen LogP contribution >= 0.6 is 11.6 Å². The van der Waals surface area contributed by atoms with E-state index in [1.807, 2.05) is 0 Å². The van der Waals surface area contributed by atoms with E-state index in [2.05, 4.69) is 11.8 Å². The number of halogens is 3. The minimum atomic E-state index is -3.19.